The van der Waals surface area contributed by atoms with Crippen LogP contribution in [-0.4, -0.2) is 0 Å². The van der Waals surface area contributed by atoms with E-state index in [9.17, 15) is 0 Å². The van der Waals surface area contributed by atoms with Crippen LogP contribution in [0.3, 0.4) is 0 Å². The van der Waals surface area contributed by atoms with Gasteiger partial charge in [-0.25, -0.2) is 0 Å². The lowest BCUT2D eigenvalue weighted by atomic mass is 9.84. The highest BCUT2D eigenvalue weighted by Crippen LogP contribution is 2.50. The van der Waals surface area contributed by atoms with Crippen LogP contribution in [0.25, 0.3) is 219 Å². The van der Waals surface area contributed by atoms with Crippen LogP contribution < -0.4 is 0 Å². The van der Waals surface area contributed by atoms with Crippen molar-refractivity contribution in [2.75, 3.05) is 0 Å². The molecule has 0 aliphatic rings. The van der Waals surface area contributed by atoms with Crippen molar-refractivity contribution >= 4 is 108 Å². The first-order chi connectivity index (χ1) is 58.6. The first kappa shape index (κ1) is 70.5. The van der Waals surface area contributed by atoms with Crippen LogP contribution >= 0.6 is 0 Å². The molecule has 0 heteroatoms. The van der Waals surface area contributed by atoms with Crippen molar-refractivity contribution in [1.29, 1.82) is 0 Å². The van der Waals surface area contributed by atoms with Gasteiger partial charge in [-0.05, 0) is 249 Å². The van der Waals surface area contributed by atoms with E-state index in [-0.39, 0.29) is 0 Å². The lowest BCUT2D eigenvalue weighted by molar-refractivity contribution is 1.60. The van der Waals surface area contributed by atoms with Gasteiger partial charge < -0.3 is 0 Å². The fourth-order valence-electron chi connectivity index (χ4n) is 18.6. The lowest BCUT2D eigenvalue weighted by Crippen LogP contribution is -1.91. The Morgan fingerprint density at radius 1 is 0.0847 bits per heavy atom. The van der Waals surface area contributed by atoms with Crippen LogP contribution in [-0.2, 0) is 0 Å². The first-order valence-corrected chi connectivity index (χ1v) is 40.9. The molecule has 0 unspecified atom stereocenters. The number of benzene rings is 23. The molecule has 0 saturated carbocycles. The highest BCUT2D eigenvalue weighted by Gasteiger charge is 2.23. The van der Waals surface area contributed by atoms with Crippen molar-refractivity contribution in [3.8, 4) is 111 Å². The smallest absolute Gasteiger partial charge is 0.00201 e. The molecular formula is C118H78. The SMILES string of the molecule is c1ccc(-c2c3ccccc3c(-c3cccc4cc(-c5ccc6ccccc6c5)ccc34)c3ccccc23)cc1.c1ccc(-c2ccc3c(-c4c5ccccc5c(-c5ccccc5)c5ccccc45)cccc3c2)cc1.c1ccc(-c2cccc(-c3ccc4c(-c5c6ccccc6c(-c6ccccc6)c6ccccc56)cccc4c3)c2)cc1. The van der Waals surface area contributed by atoms with E-state index < -0.39 is 0 Å². The molecule has 0 radical (unpaired) electrons. The molecule has 23 aromatic carbocycles. The number of rotatable bonds is 10. The summed E-state index contributed by atoms with van der Waals surface area (Å²) in [5.41, 5.74) is 25.3. The highest BCUT2D eigenvalue weighted by molar-refractivity contribution is 6.27. The van der Waals surface area contributed by atoms with Gasteiger partial charge in [-0.2, -0.15) is 0 Å². The molecule has 550 valence electrons. The second-order valence-corrected chi connectivity index (χ2v) is 30.7. The van der Waals surface area contributed by atoms with Crippen LogP contribution in [0, 0.1) is 0 Å². The standard InChI is InChI=1S/C42H28.C40H26.C36H24/c1-3-13-29(14-4-1)31-17-11-18-32(27-31)33-25-26-35-34(28-33)19-12-24-36(35)42-39-22-9-7-20-37(39)41(30-15-5-2-6-16-30)38-21-8-10-23-40(38)42;1-2-12-28(13-3-1)39-35-16-6-8-18-37(35)40(38-19-9-7-17-36(38)39)34-20-10-15-32-26-31(23-24-33(32)34)30-22-21-27-11-4-5-14-29(27)25-30;1-3-12-25(13-4-1)27-22-23-29-28(24-27)16-11-21-30(29)36-33-19-9-7-17-31(33)35(26-14-5-2-6-15-26)32-18-8-10-20-34(32)36/h1-28H;1-26H;1-24H. The zero-order valence-corrected chi connectivity index (χ0v) is 65.0. The van der Waals surface area contributed by atoms with Crippen molar-refractivity contribution < 1.29 is 0 Å². The van der Waals surface area contributed by atoms with E-state index in [1.165, 1.54) is 219 Å². The third kappa shape index (κ3) is 13.0. The van der Waals surface area contributed by atoms with Gasteiger partial charge in [0, 0.05) is 0 Å². The molecule has 0 N–H and O–H groups in total. The second kappa shape index (κ2) is 30.9. The number of hydrogen-bond donors (Lipinski definition) is 0. The average Bonchev–Trinajstić information content (AvgIpc) is 0.737. The fraction of sp³-hybridized carbons (Fsp3) is 0. The second-order valence-electron chi connectivity index (χ2n) is 30.7. The molecule has 0 aliphatic heterocycles. The molecule has 0 spiro atoms. The van der Waals surface area contributed by atoms with Crippen LogP contribution in [0.15, 0.2) is 473 Å². The van der Waals surface area contributed by atoms with E-state index in [2.05, 4.69) is 473 Å². The highest BCUT2D eigenvalue weighted by atomic mass is 14.3. The molecule has 0 heterocycles. The van der Waals surface area contributed by atoms with Crippen LogP contribution in [0.1, 0.15) is 0 Å². The zero-order valence-electron chi connectivity index (χ0n) is 65.0. The Labute approximate surface area is 687 Å². The maximum atomic E-state index is 2.34. The molecule has 0 fully saturated rings. The summed E-state index contributed by atoms with van der Waals surface area (Å²) in [4.78, 5) is 0. The van der Waals surface area contributed by atoms with Crippen molar-refractivity contribution in [2.45, 2.75) is 0 Å². The Bertz CT molecular complexity index is 7580. The van der Waals surface area contributed by atoms with Gasteiger partial charge in [0.25, 0.3) is 0 Å². The van der Waals surface area contributed by atoms with Gasteiger partial charge in [0.2, 0.25) is 0 Å². The first-order valence-electron chi connectivity index (χ1n) is 40.9. The monoisotopic (exact) mass is 1490 g/mol. The number of hydrogen-bond acceptors (Lipinski definition) is 0. The van der Waals surface area contributed by atoms with Gasteiger partial charge >= 0.3 is 0 Å². The van der Waals surface area contributed by atoms with E-state index in [1.54, 1.807) is 0 Å². The van der Waals surface area contributed by atoms with Crippen molar-refractivity contribution in [3.63, 3.8) is 0 Å². The van der Waals surface area contributed by atoms with E-state index in [1.807, 2.05) is 0 Å². The Hall–Kier alpha value is -15.3. The molecule has 0 saturated heterocycles. The van der Waals surface area contributed by atoms with E-state index in [0.29, 0.717) is 0 Å². The zero-order chi connectivity index (χ0) is 78.2. The summed E-state index contributed by atoms with van der Waals surface area (Å²) in [6.45, 7) is 0. The molecular weight excluding hydrogens is 1420 g/mol. The molecule has 0 aromatic heterocycles. The van der Waals surface area contributed by atoms with Gasteiger partial charge in [0.05, 0.1) is 0 Å². The minimum Gasteiger partial charge on any atom is -0.0622 e. The largest absolute Gasteiger partial charge is 0.0622 e. The van der Waals surface area contributed by atoms with E-state index >= 15 is 0 Å². The maximum Gasteiger partial charge on any atom is -0.00201 e. The summed E-state index contributed by atoms with van der Waals surface area (Å²) in [5, 5.41) is 25.5. The summed E-state index contributed by atoms with van der Waals surface area (Å²) in [7, 11) is 0. The van der Waals surface area contributed by atoms with Crippen molar-refractivity contribution in [3.05, 3.63) is 473 Å². The van der Waals surface area contributed by atoms with Gasteiger partial charge in [-0.15, -0.1) is 0 Å². The Kier molecular flexibility index (Phi) is 18.4. The Morgan fingerprint density at radius 2 is 0.280 bits per heavy atom. The predicted molar refractivity (Wildman–Crippen MR) is 509 cm³/mol. The van der Waals surface area contributed by atoms with Crippen LogP contribution in [0.2, 0.25) is 0 Å². The van der Waals surface area contributed by atoms with Crippen molar-refractivity contribution in [1.82, 2.24) is 0 Å². The summed E-state index contributed by atoms with van der Waals surface area (Å²) in [5.74, 6) is 0. The summed E-state index contributed by atoms with van der Waals surface area (Å²) in [6.07, 6.45) is 0. The van der Waals surface area contributed by atoms with Crippen LogP contribution in [0.5, 0.6) is 0 Å². The predicted octanol–water partition coefficient (Wildman–Crippen LogP) is 33.3. The van der Waals surface area contributed by atoms with Gasteiger partial charge in [-0.3, -0.25) is 0 Å². The third-order valence-electron chi connectivity index (χ3n) is 23.9. The normalized spacial score (nSPS) is 11.4. The molecule has 0 aliphatic carbocycles. The summed E-state index contributed by atoms with van der Waals surface area (Å²) in [6, 6.07) is 172. The van der Waals surface area contributed by atoms with Gasteiger partial charge in [-0.1, -0.05) is 443 Å². The molecule has 23 rings (SSSR count). The third-order valence-corrected chi connectivity index (χ3v) is 23.9. The van der Waals surface area contributed by atoms with Gasteiger partial charge in [0.15, 0.2) is 0 Å². The number of fused-ring (bicyclic) bond motifs is 10. The van der Waals surface area contributed by atoms with E-state index in [4.69, 9.17) is 0 Å². The van der Waals surface area contributed by atoms with E-state index in [0.717, 1.165) is 0 Å². The average molecular weight is 1500 g/mol. The lowest BCUT2D eigenvalue weighted by Gasteiger charge is -2.19. The topological polar surface area (TPSA) is 0 Å². The molecule has 0 bridgehead atoms. The summed E-state index contributed by atoms with van der Waals surface area (Å²) < 4.78 is 0. The molecule has 0 atom stereocenters. The molecule has 118 heavy (non-hydrogen) atoms. The Balaban J connectivity index is 0.000000110. The minimum absolute atomic E-state index is 1.23. The van der Waals surface area contributed by atoms with Gasteiger partial charge in [0.1, 0.15) is 0 Å². The summed E-state index contributed by atoms with van der Waals surface area (Å²) >= 11 is 0. The Morgan fingerprint density at radius 3 is 0.585 bits per heavy atom. The fourth-order valence-corrected chi connectivity index (χ4v) is 18.6. The van der Waals surface area contributed by atoms with Crippen molar-refractivity contribution in [2.24, 2.45) is 0 Å². The molecule has 0 nitrogen and oxygen atoms in total. The quantitative estimate of drug-likeness (QED) is 0.120. The maximum absolute atomic E-state index is 2.34. The van der Waals surface area contributed by atoms with Crippen LogP contribution in [0.4, 0.5) is 0 Å². The molecule has 0 amide bonds. The molecule has 23 aromatic rings. The minimum atomic E-state index is 1.23.